The zero-order valence-electron chi connectivity index (χ0n) is 22.7. The predicted octanol–water partition coefficient (Wildman–Crippen LogP) is 6.16. The quantitative estimate of drug-likeness (QED) is 0.325. The van der Waals surface area contributed by atoms with E-state index in [1.165, 1.54) is 0 Å². The highest BCUT2D eigenvalue weighted by molar-refractivity contribution is 6.30. The van der Waals surface area contributed by atoms with Crippen LogP contribution in [0.5, 0.6) is 0 Å². The van der Waals surface area contributed by atoms with Gasteiger partial charge in [0.15, 0.2) is 5.65 Å². The van der Waals surface area contributed by atoms with E-state index >= 15 is 0 Å². The van der Waals surface area contributed by atoms with Gasteiger partial charge in [0, 0.05) is 35.2 Å². The summed E-state index contributed by atoms with van der Waals surface area (Å²) in [6, 6.07) is 11.1. The molecule has 0 saturated heterocycles. The first-order chi connectivity index (χ1) is 17.3. The molecule has 2 N–H and O–H groups in total. The summed E-state index contributed by atoms with van der Waals surface area (Å²) in [5.41, 5.74) is 2.81. The number of nitrogens with zero attached hydrogens (tertiary/aromatic N) is 3. The normalized spacial score (nSPS) is 12.0. The van der Waals surface area contributed by atoms with Crippen molar-refractivity contribution in [1.29, 1.82) is 0 Å². The number of nitrogens with one attached hydrogen (secondary N) is 2. The molecule has 0 bridgehead atoms. The first-order valence-corrected chi connectivity index (χ1v) is 13.1. The molecule has 0 radical (unpaired) electrons. The van der Waals surface area contributed by atoms with Crippen LogP contribution in [0.4, 0.5) is 4.79 Å². The minimum absolute atomic E-state index is 0.180. The molecule has 2 amide bonds. The van der Waals surface area contributed by atoms with Gasteiger partial charge in [0.1, 0.15) is 11.3 Å². The summed E-state index contributed by atoms with van der Waals surface area (Å²) in [6.07, 6.45) is 3.18. The number of carbonyl (C=O) groups is 2. The third-order valence-electron chi connectivity index (χ3n) is 5.63. The van der Waals surface area contributed by atoms with Crippen LogP contribution < -0.4 is 10.6 Å². The monoisotopic (exact) mass is 527 g/mol. The van der Waals surface area contributed by atoms with Crippen molar-refractivity contribution < 1.29 is 14.3 Å². The smallest absolute Gasteiger partial charge is 0.407 e. The van der Waals surface area contributed by atoms with E-state index < -0.39 is 11.7 Å². The number of carbonyl (C=O) groups excluding carboxylic acids is 2. The summed E-state index contributed by atoms with van der Waals surface area (Å²) in [5, 5.41) is 11.1. The summed E-state index contributed by atoms with van der Waals surface area (Å²) < 4.78 is 6.85. The summed E-state index contributed by atoms with van der Waals surface area (Å²) in [4.78, 5) is 29.6. The van der Waals surface area contributed by atoms with E-state index in [0.717, 1.165) is 36.9 Å². The Labute approximate surface area is 224 Å². The van der Waals surface area contributed by atoms with Gasteiger partial charge >= 0.3 is 6.09 Å². The van der Waals surface area contributed by atoms with Gasteiger partial charge < -0.3 is 15.4 Å². The Morgan fingerprint density at radius 3 is 2.14 bits per heavy atom. The number of fused-ring (bicyclic) bond motifs is 1. The van der Waals surface area contributed by atoms with E-state index in [1.54, 1.807) is 10.6 Å². The van der Waals surface area contributed by atoms with Crippen LogP contribution in [0.2, 0.25) is 5.02 Å². The Morgan fingerprint density at radius 1 is 0.919 bits per heavy atom. The molecule has 0 aliphatic heterocycles. The Morgan fingerprint density at radius 2 is 1.54 bits per heavy atom. The van der Waals surface area contributed by atoms with E-state index in [9.17, 15) is 9.59 Å². The number of aromatic nitrogens is 3. The van der Waals surface area contributed by atoms with Gasteiger partial charge in [-0.25, -0.2) is 14.3 Å². The molecule has 200 valence electrons. The number of unbranched alkanes of at least 4 members (excludes halogenated alkanes) is 3. The van der Waals surface area contributed by atoms with Crippen molar-refractivity contribution >= 4 is 29.2 Å². The van der Waals surface area contributed by atoms with Gasteiger partial charge in [0.2, 0.25) is 0 Å². The van der Waals surface area contributed by atoms with E-state index in [4.69, 9.17) is 26.4 Å². The van der Waals surface area contributed by atoms with Crippen LogP contribution >= 0.6 is 11.6 Å². The molecule has 0 atom stereocenters. The Bertz CT molecular complexity index is 1220. The minimum atomic E-state index is -0.497. The second-order valence-corrected chi connectivity index (χ2v) is 11.6. The number of amides is 2. The van der Waals surface area contributed by atoms with Gasteiger partial charge in [0.25, 0.3) is 5.91 Å². The van der Waals surface area contributed by atoms with Gasteiger partial charge in [0.05, 0.1) is 11.4 Å². The van der Waals surface area contributed by atoms with Crippen molar-refractivity contribution in [3.8, 4) is 11.3 Å². The predicted molar refractivity (Wildman–Crippen MR) is 147 cm³/mol. The first-order valence-electron chi connectivity index (χ1n) is 12.8. The highest BCUT2D eigenvalue weighted by atomic mass is 35.5. The number of alkyl carbamates (subject to hydrolysis) is 1. The lowest BCUT2D eigenvalue weighted by Gasteiger charge is -2.19. The largest absolute Gasteiger partial charge is 0.444 e. The lowest BCUT2D eigenvalue weighted by molar-refractivity contribution is 0.0526. The number of hydrogen-bond donors (Lipinski definition) is 2. The standard InChI is InChI=1S/C28H38ClN5O3/c1-27(2,3)23-18-24-32-21(19-11-13-20(29)14-12-19)17-22(34(24)33-23)25(35)30-15-9-7-8-10-16-31-26(36)37-28(4,5)6/h11-14,17-18H,7-10,15-16H2,1-6H3,(H,30,35)(H,31,36). The maximum Gasteiger partial charge on any atom is 0.407 e. The SMILES string of the molecule is CC(C)(C)OC(=O)NCCCCCCNC(=O)c1cc(-c2ccc(Cl)cc2)nc2cc(C(C)(C)C)nn12. The highest BCUT2D eigenvalue weighted by Crippen LogP contribution is 2.26. The maximum absolute atomic E-state index is 13.2. The third kappa shape index (κ3) is 8.45. The molecule has 0 saturated carbocycles. The van der Waals surface area contributed by atoms with Crippen molar-refractivity contribution in [2.24, 2.45) is 0 Å². The maximum atomic E-state index is 13.2. The molecule has 8 nitrogen and oxygen atoms in total. The molecule has 0 spiro atoms. The van der Waals surface area contributed by atoms with Crippen LogP contribution in [0, 0.1) is 0 Å². The fourth-order valence-corrected chi connectivity index (χ4v) is 3.80. The second kappa shape index (κ2) is 11.9. The van der Waals surface area contributed by atoms with Crippen LogP contribution in [-0.4, -0.2) is 45.3 Å². The van der Waals surface area contributed by atoms with Gasteiger partial charge in [-0.3, -0.25) is 4.79 Å². The molecule has 3 aromatic rings. The molecule has 9 heteroatoms. The van der Waals surface area contributed by atoms with E-state index in [-0.39, 0.29) is 11.3 Å². The van der Waals surface area contributed by atoms with Gasteiger partial charge in [-0.2, -0.15) is 5.10 Å². The van der Waals surface area contributed by atoms with E-state index in [0.29, 0.717) is 35.1 Å². The lowest BCUT2D eigenvalue weighted by atomic mass is 9.93. The number of hydrogen-bond acceptors (Lipinski definition) is 5. The molecule has 37 heavy (non-hydrogen) atoms. The van der Waals surface area contributed by atoms with Crippen molar-refractivity contribution in [3.63, 3.8) is 0 Å². The van der Waals surface area contributed by atoms with Crippen LogP contribution in [0.25, 0.3) is 16.9 Å². The van der Waals surface area contributed by atoms with Crippen LogP contribution in [-0.2, 0) is 10.2 Å². The second-order valence-electron chi connectivity index (χ2n) is 11.2. The molecule has 2 aromatic heterocycles. The topological polar surface area (TPSA) is 97.6 Å². The lowest BCUT2D eigenvalue weighted by Crippen LogP contribution is -2.33. The molecule has 0 aliphatic rings. The fraction of sp³-hybridized carbons (Fsp3) is 0.500. The Balaban J connectivity index is 1.60. The molecule has 0 fully saturated rings. The fourth-order valence-electron chi connectivity index (χ4n) is 3.67. The van der Waals surface area contributed by atoms with Gasteiger partial charge in [-0.05, 0) is 51.8 Å². The number of halogens is 1. The molecule has 0 aliphatic carbocycles. The molecule has 2 heterocycles. The molecular weight excluding hydrogens is 490 g/mol. The molecular formula is C28H38ClN5O3. The van der Waals surface area contributed by atoms with Crippen molar-refractivity contribution in [2.75, 3.05) is 13.1 Å². The average molecular weight is 528 g/mol. The van der Waals surface area contributed by atoms with Crippen molar-refractivity contribution in [2.45, 2.75) is 78.2 Å². The molecule has 1 aromatic carbocycles. The summed E-state index contributed by atoms with van der Waals surface area (Å²) in [5.74, 6) is -0.197. The van der Waals surface area contributed by atoms with Crippen LogP contribution in [0.15, 0.2) is 36.4 Å². The average Bonchev–Trinajstić information content (AvgIpc) is 3.24. The molecule has 0 unspecified atom stereocenters. The third-order valence-corrected chi connectivity index (χ3v) is 5.88. The zero-order chi connectivity index (χ0) is 27.2. The Hall–Kier alpha value is -3.13. The first kappa shape index (κ1) is 28.4. The van der Waals surface area contributed by atoms with Crippen LogP contribution in [0.3, 0.4) is 0 Å². The Kier molecular flexibility index (Phi) is 9.18. The van der Waals surface area contributed by atoms with Crippen LogP contribution in [0.1, 0.15) is 83.4 Å². The van der Waals surface area contributed by atoms with Crippen molar-refractivity contribution in [1.82, 2.24) is 25.2 Å². The minimum Gasteiger partial charge on any atom is -0.444 e. The number of rotatable bonds is 9. The zero-order valence-corrected chi connectivity index (χ0v) is 23.4. The summed E-state index contributed by atoms with van der Waals surface area (Å²) >= 11 is 6.05. The van der Waals surface area contributed by atoms with E-state index in [1.807, 2.05) is 51.1 Å². The van der Waals surface area contributed by atoms with Gasteiger partial charge in [-0.1, -0.05) is 57.3 Å². The van der Waals surface area contributed by atoms with Gasteiger partial charge in [-0.15, -0.1) is 0 Å². The summed E-state index contributed by atoms with van der Waals surface area (Å²) in [7, 11) is 0. The number of ether oxygens (including phenoxy) is 1. The highest BCUT2D eigenvalue weighted by Gasteiger charge is 2.22. The molecule has 3 rings (SSSR count). The number of benzene rings is 1. The summed E-state index contributed by atoms with van der Waals surface area (Å²) in [6.45, 7) is 12.9. The van der Waals surface area contributed by atoms with E-state index in [2.05, 4.69) is 31.4 Å². The van der Waals surface area contributed by atoms with Crippen molar-refractivity contribution in [3.05, 3.63) is 52.8 Å².